The quantitative estimate of drug-likeness (QED) is 0.547. The number of nitrogens with zero attached hydrogens (tertiary/aromatic N) is 4. The molecule has 6 nitrogen and oxygen atoms in total. The van der Waals surface area contributed by atoms with Crippen LogP contribution in [0.25, 0.3) is 0 Å². The summed E-state index contributed by atoms with van der Waals surface area (Å²) in [6.07, 6.45) is 1.83. The zero-order valence-corrected chi connectivity index (χ0v) is 13.1. The Kier molecular flexibility index (Phi) is 3.93. The number of esters is 1. The van der Waals surface area contributed by atoms with E-state index in [-0.39, 0.29) is 11.9 Å². The number of aromatic nitrogens is 2. The number of hydrogen-bond donors (Lipinski definition) is 0. The summed E-state index contributed by atoms with van der Waals surface area (Å²) in [5.41, 5.74) is 1.79. The molecular formula is C13H18BClN4O2. The molecule has 1 fully saturated rings. The number of aliphatic imine (C=N–C) groups is 1. The van der Waals surface area contributed by atoms with Crippen LogP contribution in [0.3, 0.4) is 0 Å². The summed E-state index contributed by atoms with van der Waals surface area (Å²) in [4.78, 5) is 22.9. The minimum Gasteiger partial charge on any atom is -0.469 e. The van der Waals surface area contributed by atoms with Crippen LogP contribution in [0, 0.1) is 5.92 Å². The number of carbonyl (C=O) groups is 1. The minimum absolute atomic E-state index is 0.0789. The Morgan fingerprint density at radius 2 is 2.29 bits per heavy atom. The third-order valence-electron chi connectivity index (χ3n) is 4.13. The van der Waals surface area contributed by atoms with Crippen LogP contribution in [0.1, 0.15) is 18.5 Å². The molecule has 0 aromatic carbocycles. The van der Waals surface area contributed by atoms with Gasteiger partial charge < -0.3 is 14.2 Å². The number of piperidine rings is 1. The lowest BCUT2D eigenvalue weighted by atomic mass is 9.98. The summed E-state index contributed by atoms with van der Waals surface area (Å²) in [6, 6.07) is 0. The van der Waals surface area contributed by atoms with Gasteiger partial charge in [-0.2, -0.15) is 0 Å². The average Bonchev–Trinajstić information content (AvgIpc) is 2.85. The highest BCUT2D eigenvalue weighted by Crippen LogP contribution is 2.25. The molecule has 0 amide bonds. The van der Waals surface area contributed by atoms with E-state index in [0.29, 0.717) is 18.3 Å². The molecule has 0 spiro atoms. The fourth-order valence-corrected chi connectivity index (χ4v) is 3.44. The van der Waals surface area contributed by atoms with Crippen molar-refractivity contribution >= 4 is 42.1 Å². The SMILES string of the molecule is Bc1nc(N2CCCC(C(=O)OC)C2)n2c1C(Cl)=NCC2. The molecule has 0 N–H and O–H groups in total. The predicted molar refractivity (Wildman–Crippen MR) is 84.6 cm³/mol. The fraction of sp³-hybridized carbons (Fsp3) is 0.615. The molecule has 1 aromatic heterocycles. The Labute approximate surface area is 129 Å². The number of halogens is 1. The largest absolute Gasteiger partial charge is 0.469 e. The smallest absolute Gasteiger partial charge is 0.310 e. The normalized spacial score (nSPS) is 21.7. The number of carbonyl (C=O) groups excluding carboxylic acids is 1. The molecule has 2 aliphatic rings. The maximum Gasteiger partial charge on any atom is 0.310 e. The molecule has 2 aliphatic heterocycles. The number of hydrogen-bond acceptors (Lipinski definition) is 5. The Hall–Kier alpha value is -1.50. The van der Waals surface area contributed by atoms with Crippen molar-refractivity contribution in [2.75, 3.05) is 31.6 Å². The second-order valence-corrected chi connectivity index (χ2v) is 5.84. The monoisotopic (exact) mass is 308 g/mol. The number of ether oxygens (including phenoxy) is 1. The van der Waals surface area contributed by atoms with Gasteiger partial charge in [0.15, 0.2) is 7.85 Å². The molecule has 1 atom stereocenters. The molecule has 3 heterocycles. The first-order chi connectivity index (χ1) is 10.1. The molecule has 1 unspecified atom stereocenters. The van der Waals surface area contributed by atoms with Crippen LogP contribution >= 0.6 is 11.6 Å². The highest BCUT2D eigenvalue weighted by Gasteiger charge is 2.30. The van der Waals surface area contributed by atoms with Crippen molar-refractivity contribution < 1.29 is 9.53 Å². The van der Waals surface area contributed by atoms with Crippen molar-refractivity contribution in [3.05, 3.63) is 5.69 Å². The standard InChI is InChI=1S/C13H18BClN4O2/c1-21-12(20)8-3-2-5-18(7-8)13-17-10(14)9-11(15)16-4-6-19(9)13/h8H,2-7,14H2,1H3. The second-order valence-electron chi connectivity index (χ2n) is 5.48. The van der Waals surface area contributed by atoms with Crippen LogP contribution in [-0.2, 0) is 16.1 Å². The molecule has 0 saturated carbocycles. The van der Waals surface area contributed by atoms with Gasteiger partial charge in [0.05, 0.1) is 25.3 Å². The first kappa shape index (κ1) is 14.4. The molecule has 21 heavy (non-hydrogen) atoms. The summed E-state index contributed by atoms with van der Waals surface area (Å²) < 4.78 is 6.99. The third-order valence-corrected chi connectivity index (χ3v) is 4.43. The highest BCUT2D eigenvalue weighted by atomic mass is 35.5. The van der Waals surface area contributed by atoms with Gasteiger partial charge in [-0.05, 0) is 12.8 Å². The molecule has 0 aliphatic carbocycles. The van der Waals surface area contributed by atoms with Gasteiger partial charge >= 0.3 is 5.97 Å². The molecule has 8 heteroatoms. The lowest BCUT2D eigenvalue weighted by molar-refractivity contribution is -0.145. The van der Waals surface area contributed by atoms with Gasteiger partial charge in [-0.15, -0.1) is 0 Å². The highest BCUT2D eigenvalue weighted by molar-refractivity contribution is 6.70. The average molecular weight is 309 g/mol. The molecule has 0 bridgehead atoms. The number of methoxy groups -OCH3 is 1. The first-order valence-corrected chi connectivity index (χ1v) is 7.60. The molecule has 1 saturated heterocycles. The summed E-state index contributed by atoms with van der Waals surface area (Å²) in [7, 11) is 3.39. The van der Waals surface area contributed by atoms with Crippen LogP contribution in [0.2, 0.25) is 0 Å². The van der Waals surface area contributed by atoms with E-state index in [4.69, 9.17) is 16.3 Å². The molecular weight excluding hydrogens is 290 g/mol. The summed E-state index contributed by atoms with van der Waals surface area (Å²) >= 11 is 6.20. The summed E-state index contributed by atoms with van der Waals surface area (Å²) in [5.74, 6) is 0.676. The van der Waals surface area contributed by atoms with Crippen LogP contribution < -0.4 is 10.5 Å². The molecule has 112 valence electrons. The Bertz CT molecular complexity index is 601. The topological polar surface area (TPSA) is 59.7 Å². The van der Waals surface area contributed by atoms with Crippen molar-refractivity contribution in [3.63, 3.8) is 0 Å². The summed E-state index contributed by atoms with van der Waals surface area (Å²) in [5, 5.41) is 0.527. The summed E-state index contributed by atoms with van der Waals surface area (Å²) in [6.45, 7) is 3.00. The minimum atomic E-state index is -0.138. The Morgan fingerprint density at radius 1 is 1.48 bits per heavy atom. The lowest BCUT2D eigenvalue weighted by Crippen LogP contribution is -2.41. The van der Waals surface area contributed by atoms with Crippen LogP contribution in [-0.4, -0.2) is 55.3 Å². The number of rotatable bonds is 2. The van der Waals surface area contributed by atoms with Crippen molar-refractivity contribution in [1.82, 2.24) is 9.55 Å². The molecule has 0 radical (unpaired) electrons. The van der Waals surface area contributed by atoms with Gasteiger partial charge in [-0.3, -0.25) is 9.79 Å². The number of imidazole rings is 1. The fourth-order valence-electron chi connectivity index (χ4n) is 3.11. The van der Waals surface area contributed by atoms with Gasteiger partial charge in [0.1, 0.15) is 5.17 Å². The third kappa shape index (κ3) is 2.55. The van der Waals surface area contributed by atoms with E-state index >= 15 is 0 Å². The zero-order valence-electron chi connectivity index (χ0n) is 12.3. The maximum atomic E-state index is 11.8. The van der Waals surface area contributed by atoms with Crippen molar-refractivity contribution in [2.45, 2.75) is 19.4 Å². The maximum absolute atomic E-state index is 11.8. The van der Waals surface area contributed by atoms with E-state index in [2.05, 4.69) is 19.4 Å². The van der Waals surface area contributed by atoms with Gasteiger partial charge in [-0.1, -0.05) is 11.6 Å². The van der Waals surface area contributed by atoms with Gasteiger partial charge in [0, 0.05) is 25.2 Å². The van der Waals surface area contributed by atoms with Gasteiger partial charge in [0.25, 0.3) is 0 Å². The Morgan fingerprint density at radius 3 is 3.05 bits per heavy atom. The van der Waals surface area contributed by atoms with E-state index in [9.17, 15) is 4.79 Å². The predicted octanol–water partition coefficient (Wildman–Crippen LogP) is -0.470. The van der Waals surface area contributed by atoms with Gasteiger partial charge in [0.2, 0.25) is 5.95 Å². The number of fused-ring (bicyclic) bond motifs is 1. The van der Waals surface area contributed by atoms with E-state index < -0.39 is 0 Å². The van der Waals surface area contributed by atoms with Crippen molar-refractivity contribution in [3.8, 4) is 0 Å². The molecule has 3 rings (SSSR count). The van der Waals surface area contributed by atoms with E-state index in [1.165, 1.54) is 7.11 Å². The zero-order chi connectivity index (χ0) is 15.0. The van der Waals surface area contributed by atoms with E-state index in [1.54, 1.807) is 0 Å². The van der Waals surface area contributed by atoms with Crippen LogP contribution in [0.4, 0.5) is 5.95 Å². The van der Waals surface area contributed by atoms with Crippen LogP contribution in [0.5, 0.6) is 0 Å². The van der Waals surface area contributed by atoms with Crippen molar-refractivity contribution in [1.29, 1.82) is 0 Å². The van der Waals surface area contributed by atoms with Crippen molar-refractivity contribution in [2.24, 2.45) is 10.9 Å². The number of anilines is 1. The first-order valence-electron chi connectivity index (χ1n) is 7.22. The van der Waals surface area contributed by atoms with Crippen LogP contribution in [0.15, 0.2) is 4.99 Å². The van der Waals surface area contributed by atoms with E-state index in [1.807, 2.05) is 7.85 Å². The molecule has 1 aromatic rings. The second kappa shape index (κ2) is 5.71. The van der Waals surface area contributed by atoms with Gasteiger partial charge in [-0.25, -0.2) is 4.98 Å². The van der Waals surface area contributed by atoms with E-state index in [0.717, 1.165) is 43.2 Å². The lowest BCUT2D eigenvalue weighted by Gasteiger charge is -2.32. The Balaban J connectivity index is 1.89.